The summed E-state index contributed by atoms with van der Waals surface area (Å²) >= 11 is 0. The highest BCUT2D eigenvalue weighted by atomic mass is 16.3. The Morgan fingerprint density at radius 2 is 2.00 bits per heavy atom. The third-order valence-electron chi connectivity index (χ3n) is 4.69. The van der Waals surface area contributed by atoms with Crippen molar-refractivity contribution in [2.75, 3.05) is 0 Å². The zero-order chi connectivity index (χ0) is 11.7. The summed E-state index contributed by atoms with van der Waals surface area (Å²) in [6.07, 6.45) is 7.80. The van der Waals surface area contributed by atoms with Crippen LogP contribution < -0.4 is 4.90 Å². The van der Waals surface area contributed by atoms with E-state index in [1.807, 2.05) is 11.8 Å². The van der Waals surface area contributed by atoms with Crippen LogP contribution in [0.1, 0.15) is 59.3 Å². The number of quaternary nitrogens is 1. The molecule has 2 N–H and O–H groups in total. The molecule has 2 saturated heterocycles. The van der Waals surface area contributed by atoms with Gasteiger partial charge in [-0.2, -0.15) is 0 Å². The Morgan fingerprint density at radius 3 is 2.69 bits per heavy atom. The number of rotatable bonds is 2. The maximum atomic E-state index is 9.62. The zero-order valence-electron chi connectivity index (χ0n) is 11.1. The van der Waals surface area contributed by atoms with Gasteiger partial charge in [-0.1, -0.05) is 6.92 Å². The van der Waals surface area contributed by atoms with Crippen LogP contribution in [0.2, 0.25) is 0 Å². The maximum Gasteiger partial charge on any atom is 0.0903 e. The molecule has 0 aromatic heterocycles. The third kappa shape index (κ3) is 2.60. The molecule has 0 saturated carbocycles. The standard InChI is InChI=1S/C14H27NO/c1-10-7-11(2)15-13(8-10)5-4-6-14(15)9-12(3)16/h10-14,16H,4-9H2,1-3H3/p+1. The number of fused-ring (bicyclic) bond motifs is 1. The predicted molar refractivity (Wildman–Crippen MR) is 66.5 cm³/mol. The fourth-order valence-corrected chi connectivity index (χ4v) is 4.32. The monoisotopic (exact) mass is 226 g/mol. The van der Waals surface area contributed by atoms with Crippen LogP contribution in [0.25, 0.3) is 0 Å². The quantitative estimate of drug-likeness (QED) is 0.730. The summed E-state index contributed by atoms with van der Waals surface area (Å²) < 4.78 is 0. The lowest BCUT2D eigenvalue weighted by molar-refractivity contribution is -0.983. The number of aliphatic hydroxyl groups is 1. The van der Waals surface area contributed by atoms with E-state index in [9.17, 15) is 5.11 Å². The largest absolute Gasteiger partial charge is 0.393 e. The molecule has 2 aliphatic heterocycles. The Labute approximate surface area is 100 Å². The first-order valence-corrected chi connectivity index (χ1v) is 7.12. The molecule has 16 heavy (non-hydrogen) atoms. The molecule has 2 heteroatoms. The van der Waals surface area contributed by atoms with Gasteiger partial charge in [0, 0.05) is 19.3 Å². The number of aliphatic hydroxyl groups excluding tert-OH is 1. The lowest BCUT2D eigenvalue weighted by atomic mass is 9.80. The lowest BCUT2D eigenvalue weighted by Crippen LogP contribution is -3.23. The molecule has 94 valence electrons. The SMILES string of the molecule is CC(O)CC1CCCC2CC(C)CC(C)[NH+]12. The second kappa shape index (κ2) is 5.05. The van der Waals surface area contributed by atoms with Crippen molar-refractivity contribution in [2.45, 2.75) is 83.5 Å². The molecule has 6 atom stereocenters. The van der Waals surface area contributed by atoms with Gasteiger partial charge in [-0.15, -0.1) is 0 Å². The second-order valence-electron chi connectivity index (χ2n) is 6.39. The van der Waals surface area contributed by atoms with Crippen molar-refractivity contribution < 1.29 is 10.0 Å². The van der Waals surface area contributed by atoms with E-state index in [1.165, 1.54) is 32.1 Å². The molecule has 2 rings (SSSR count). The topological polar surface area (TPSA) is 24.7 Å². The van der Waals surface area contributed by atoms with Crippen molar-refractivity contribution in [3.63, 3.8) is 0 Å². The minimum absolute atomic E-state index is 0.122. The van der Waals surface area contributed by atoms with E-state index in [0.29, 0.717) is 0 Å². The van der Waals surface area contributed by atoms with Crippen molar-refractivity contribution in [2.24, 2.45) is 5.92 Å². The van der Waals surface area contributed by atoms with Gasteiger partial charge >= 0.3 is 0 Å². The highest BCUT2D eigenvalue weighted by Gasteiger charge is 2.42. The maximum absolute atomic E-state index is 9.62. The Bertz CT molecular complexity index is 229. The summed E-state index contributed by atoms with van der Waals surface area (Å²) in [5.41, 5.74) is 0. The Hall–Kier alpha value is -0.0800. The predicted octanol–water partition coefficient (Wildman–Crippen LogP) is 1.38. The highest BCUT2D eigenvalue weighted by Crippen LogP contribution is 2.24. The van der Waals surface area contributed by atoms with Crippen molar-refractivity contribution in [1.82, 2.24) is 0 Å². The van der Waals surface area contributed by atoms with Gasteiger partial charge < -0.3 is 10.0 Å². The number of nitrogens with one attached hydrogen (secondary N) is 1. The smallest absolute Gasteiger partial charge is 0.0903 e. The summed E-state index contributed by atoms with van der Waals surface area (Å²) in [5.74, 6) is 0.911. The summed E-state index contributed by atoms with van der Waals surface area (Å²) in [6.45, 7) is 6.77. The van der Waals surface area contributed by atoms with Crippen molar-refractivity contribution in [3.05, 3.63) is 0 Å². The van der Waals surface area contributed by atoms with Crippen LogP contribution in [0.15, 0.2) is 0 Å². The molecule has 0 aromatic rings. The van der Waals surface area contributed by atoms with Crippen molar-refractivity contribution in [3.8, 4) is 0 Å². The van der Waals surface area contributed by atoms with Crippen LogP contribution in [0.5, 0.6) is 0 Å². The molecule has 0 spiro atoms. The molecular weight excluding hydrogens is 198 g/mol. The first-order chi connectivity index (χ1) is 7.58. The molecule has 0 bridgehead atoms. The van der Waals surface area contributed by atoms with Gasteiger partial charge in [0.25, 0.3) is 0 Å². The van der Waals surface area contributed by atoms with E-state index in [0.717, 1.165) is 30.5 Å². The summed E-state index contributed by atoms with van der Waals surface area (Å²) in [5, 5.41) is 9.62. The molecule has 2 nitrogen and oxygen atoms in total. The summed E-state index contributed by atoms with van der Waals surface area (Å²) in [6, 6.07) is 2.41. The van der Waals surface area contributed by atoms with Crippen LogP contribution in [0, 0.1) is 5.92 Å². The van der Waals surface area contributed by atoms with Crippen LogP contribution in [-0.2, 0) is 0 Å². The first kappa shape index (κ1) is 12.4. The number of piperidine rings is 2. The lowest BCUT2D eigenvalue weighted by Gasteiger charge is -2.47. The van der Waals surface area contributed by atoms with Crippen molar-refractivity contribution >= 4 is 0 Å². The van der Waals surface area contributed by atoms with Gasteiger partial charge in [-0.05, 0) is 39.0 Å². The van der Waals surface area contributed by atoms with E-state index in [-0.39, 0.29) is 6.10 Å². The van der Waals surface area contributed by atoms with E-state index < -0.39 is 0 Å². The van der Waals surface area contributed by atoms with Gasteiger partial charge in [0.15, 0.2) is 0 Å². The molecule has 6 unspecified atom stereocenters. The van der Waals surface area contributed by atoms with Gasteiger partial charge in [0.05, 0.1) is 24.2 Å². The molecule has 2 fully saturated rings. The average Bonchev–Trinajstić information content (AvgIpc) is 2.15. The highest BCUT2D eigenvalue weighted by molar-refractivity contribution is 4.78. The van der Waals surface area contributed by atoms with Gasteiger partial charge in [0.2, 0.25) is 0 Å². The molecule has 0 aromatic carbocycles. The van der Waals surface area contributed by atoms with E-state index in [4.69, 9.17) is 0 Å². The summed E-state index contributed by atoms with van der Waals surface area (Å²) in [7, 11) is 0. The van der Waals surface area contributed by atoms with Crippen LogP contribution >= 0.6 is 0 Å². The first-order valence-electron chi connectivity index (χ1n) is 7.12. The number of hydrogen-bond acceptors (Lipinski definition) is 1. The molecule has 0 aliphatic carbocycles. The van der Waals surface area contributed by atoms with Crippen LogP contribution in [0.4, 0.5) is 0 Å². The van der Waals surface area contributed by atoms with Gasteiger partial charge in [-0.3, -0.25) is 0 Å². The zero-order valence-corrected chi connectivity index (χ0v) is 11.1. The fourth-order valence-electron chi connectivity index (χ4n) is 4.32. The Kier molecular flexibility index (Phi) is 3.91. The van der Waals surface area contributed by atoms with Gasteiger partial charge in [-0.25, -0.2) is 0 Å². The van der Waals surface area contributed by atoms with Crippen LogP contribution in [0.3, 0.4) is 0 Å². The molecular formula is C14H28NO+. The normalized spacial score (nSPS) is 46.1. The fraction of sp³-hybridized carbons (Fsp3) is 1.00. The molecule has 0 amide bonds. The molecule has 0 radical (unpaired) electrons. The van der Waals surface area contributed by atoms with E-state index in [1.54, 1.807) is 0 Å². The van der Waals surface area contributed by atoms with E-state index >= 15 is 0 Å². The summed E-state index contributed by atoms with van der Waals surface area (Å²) in [4.78, 5) is 1.82. The molecule has 2 heterocycles. The average molecular weight is 226 g/mol. The molecule has 2 aliphatic rings. The second-order valence-corrected chi connectivity index (χ2v) is 6.39. The van der Waals surface area contributed by atoms with Crippen molar-refractivity contribution in [1.29, 1.82) is 0 Å². The minimum Gasteiger partial charge on any atom is -0.393 e. The van der Waals surface area contributed by atoms with E-state index in [2.05, 4.69) is 13.8 Å². The Morgan fingerprint density at radius 1 is 1.25 bits per heavy atom. The Balaban J connectivity index is 2.04. The number of hydrogen-bond donors (Lipinski definition) is 2. The minimum atomic E-state index is -0.122. The van der Waals surface area contributed by atoms with Crippen LogP contribution in [-0.4, -0.2) is 29.3 Å². The van der Waals surface area contributed by atoms with Gasteiger partial charge in [0.1, 0.15) is 0 Å². The third-order valence-corrected chi connectivity index (χ3v) is 4.69.